The summed E-state index contributed by atoms with van der Waals surface area (Å²) in [7, 11) is 0. The van der Waals surface area contributed by atoms with E-state index in [1.807, 2.05) is 12.1 Å². The second-order valence-corrected chi connectivity index (χ2v) is 6.99. The number of aliphatic imine (C=N–C) groups is 1. The van der Waals surface area contributed by atoms with Crippen molar-refractivity contribution in [2.75, 3.05) is 19.1 Å². The van der Waals surface area contributed by atoms with Crippen molar-refractivity contribution in [3.05, 3.63) is 71.6 Å². The molecule has 3 rings (SSSR count). The maximum Gasteiger partial charge on any atom is 0.159 e. The van der Waals surface area contributed by atoms with Crippen LogP contribution in [0.4, 0.5) is 4.39 Å². The highest BCUT2D eigenvalue weighted by molar-refractivity contribution is 8.14. The second kappa shape index (κ2) is 8.31. The summed E-state index contributed by atoms with van der Waals surface area (Å²) < 4.78 is 12.9. The van der Waals surface area contributed by atoms with Crippen molar-refractivity contribution in [3.63, 3.8) is 0 Å². The van der Waals surface area contributed by atoms with Gasteiger partial charge in [0.1, 0.15) is 5.82 Å². The number of hydrogen-bond acceptors (Lipinski definition) is 4. The van der Waals surface area contributed by atoms with Gasteiger partial charge in [-0.15, -0.1) is 0 Å². The van der Waals surface area contributed by atoms with Gasteiger partial charge in [-0.2, -0.15) is 0 Å². The number of nitrogens with one attached hydrogen (secondary N) is 1. The molecule has 126 valence electrons. The number of nitrogens with zero attached hydrogens (tertiary/aromatic N) is 2. The fourth-order valence-corrected chi connectivity index (χ4v) is 3.31. The van der Waals surface area contributed by atoms with Crippen LogP contribution in [0.25, 0.3) is 0 Å². The van der Waals surface area contributed by atoms with Crippen molar-refractivity contribution in [3.8, 4) is 0 Å². The van der Waals surface area contributed by atoms with Crippen LogP contribution >= 0.6 is 11.8 Å². The minimum atomic E-state index is -0.196. The molecule has 24 heavy (non-hydrogen) atoms. The quantitative estimate of drug-likeness (QED) is 0.898. The van der Waals surface area contributed by atoms with E-state index in [1.54, 1.807) is 11.8 Å². The van der Waals surface area contributed by atoms with Crippen molar-refractivity contribution < 1.29 is 4.39 Å². The molecule has 0 bridgehead atoms. The van der Waals surface area contributed by atoms with Gasteiger partial charge in [-0.25, -0.2) is 9.38 Å². The van der Waals surface area contributed by atoms with E-state index in [0.29, 0.717) is 12.6 Å². The van der Waals surface area contributed by atoms with Crippen LogP contribution in [0.5, 0.6) is 0 Å². The Hall–Kier alpha value is -1.85. The van der Waals surface area contributed by atoms with E-state index >= 15 is 0 Å². The van der Waals surface area contributed by atoms with Gasteiger partial charge < -0.3 is 5.32 Å². The first-order valence-corrected chi connectivity index (χ1v) is 9.11. The lowest BCUT2D eigenvalue weighted by Gasteiger charge is -2.26. The van der Waals surface area contributed by atoms with Gasteiger partial charge in [0.2, 0.25) is 0 Å². The zero-order valence-electron chi connectivity index (χ0n) is 13.8. The van der Waals surface area contributed by atoms with Gasteiger partial charge in [-0.05, 0) is 29.2 Å². The molecule has 0 aromatic heterocycles. The third kappa shape index (κ3) is 5.08. The lowest BCUT2D eigenvalue weighted by atomic mass is 10.1. The topological polar surface area (TPSA) is 27.6 Å². The van der Waals surface area contributed by atoms with E-state index in [1.165, 1.54) is 17.7 Å². The molecule has 1 atom stereocenters. The van der Waals surface area contributed by atoms with Crippen LogP contribution in [0.1, 0.15) is 12.5 Å². The van der Waals surface area contributed by atoms with Crippen LogP contribution < -0.4 is 5.32 Å². The first kappa shape index (κ1) is 17.0. The molecule has 0 radical (unpaired) electrons. The number of thioether (sulfide) groups is 1. The molecule has 1 unspecified atom stereocenters. The predicted molar refractivity (Wildman–Crippen MR) is 100 cm³/mol. The first-order chi connectivity index (χ1) is 11.7. The van der Waals surface area contributed by atoms with E-state index in [9.17, 15) is 4.39 Å². The first-order valence-electron chi connectivity index (χ1n) is 8.12. The molecule has 1 heterocycles. The van der Waals surface area contributed by atoms with Gasteiger partial charge in [-0.3, -0.25) is 4.90 Å². The fraction of sp³-hybridized carbons (Fsp3) is 0.316. The number of benzene rings is 1. The van der Waals surface area contributed by atoms with Crippen LogP contribution in [0.2, 0.25) is 0 Å². The largest absolute Gasteiger partial charge is 0.352 e. The van der Waals surface area contributed by atoms with E-state index in [4.69, 9.17) is 0 Å². The molecule has 0 amide bonds. The third-order valence-corrected chi connectivity index (χ3v) is 4.93. The molecule has 3 nitrogen and oxygen atoms in total. The van der Waals surface area contributed by atoms with E-state index in [-0.39, 0.29) is 5.82 Å². The number of allylic oxidation sites excluding steroid dienone is 5. The third-order valence-electron chi connectivity index (χ3n) is 3.90. The molecule has 0 saturated heterocycles. The van der Waals surface area contributed by atoms with E-state index in [0.717, 1.165) is 29.7 Å². The molecule has 0 saturated carbocycles. The highest BCUT2D eigenvalue weighted by Crippen LogP contribution is 2.17. The molecule has 1 aliphatic carbocycles. The fourth-order valence-electron chi connectivity index (χ4n) is 2.50. The minimum absolute atomic E-state index is 0.196. The van der Waals surface area contributed by atoms with Crippen molar-refractivity contribution in [1.82, 2.24) is 10.2 Å². The smallest absolute Gasteiger partial charge is 0.159 e. The highest BCUT2D eigenvalue weighted by atomic mass is 32.2. The summed E-state index contributed by atoms with van der Waals surface area (Å²) in [4.78, 5) is 6.79. The van der Waals surface area contributed by atoms with Crippen molar-refractivity contribution in [2.45, 2.75) is 13.5 Å². The Kier molecular flexibility index (Phi) is 5.88. The van der Waals surface area contributed by atoms with Crippen molar-refractivity contribution in [1.29, 1.82) is 0 Å². The molecular formula is C19H22FN3S. The molecule has 0 fully saturated rings. The standard InChI is InChI=1S/C19H22FN3S/c1-15-3-2-4-17(6-5-15)12-24-19-21-13-23(14-22-19)11-16-7-9-18(20)10-8-16/h2-10,15H,11-14H2,1H3,(H,21,22). The maximum absolute atomic E-state index is 12.9. The lowest BCUT2D eigenvalue weighted by Crippen LogP contribution is -2.41. The molecular weight excluding hydrogens is 321 g/mol. The molecule has 5 heteroatoms. The number of halogens is 1. The summed E-state index contributed by atoms with van der Waals surface area (Å²) in [5, 5.41) is 4.35. The van der Waals surface area contributed by atoms with E-state index in [2.05, 4.69) is 52.5 Å². The van der Waals surface area contributed by atoms with Crippen molar-refractivity contribution >= 4 is 16.9 Å². The summed E-state index contributed by atoms with van der Waals surface area (Å²) >= 11 is 1.73. The van der Waals surface area contributed by atoms with Crippen LogP contribution in [0.3, 0.4) is 0 Å². The predicted octanol–water partition coefficient (Wildman–Crippen LogP) is 3.92. The zero-order valence-corrected chi connectivity index (χ0v) is 14.6. The Morgan fingerprint density at radius 2 is 2.12 bits per heavy atom. The van der Waals surface area contributed by atoms with E-state index < -0.39 is 0 Å². The Morgan fingerprint density at radius 1 is 1.29 bits per heavy atom. The number of amidine groups is 1. The Morgan fingerprint density at radius 3 is 2.88 bits per heavy atom. The molecule has 1 aliphatic heterocycles. The van der Waals surface area contributed by atoms with Gasteiger partial charge in [0.25, 0.3) is 0 Å². The Bertz CT molecular complexity index is 676. The number of hydrogen-bond donors (Lipinski definition) is 1. The SMILES string of the molecule is CC1C=CC=C(CSC2=NCN(Cc3ccc(F)cc3)CN2)C=C1. The minimum Gasteiger partial charge on any atom is -0.352 e. The zero-order chi connectivity index (χ0) is 16.8. The molecule has 1 N–H and O–H groups in total. The van der Waals surface area contributed by atoms with Gasteiger partial charge in [-0.1, -0.05) is 61.2 Å². The van der Waals surface area contributed by atoms with Crippen LogP contribution in [-0.4, -0.2) is 29.2 Å². The van der Waals surface area contributed by atoms with Crippen LogP contribution in [-0.2, 0) is 6.54 Å². The Labute approximate surface area is 147 Å². The van der Waals surface area contributed by atoms with Gasteiger partial charge >= 0.3 is 0 Å². The molecule has 1 aromatic rings. The molecule has 1 aromatic carbocycles. The summed E-state index contributed by atoms with van der Waals surface area (Å²) in [5.41, 5.74) is 2.40. The average molecular weight is 343 g/mol. The summed E-state index contributed by atoms with van der Waals surface area (Å²) in [6, 6.07) is 6.65. The maximum atomic E-state index is 12.9. The summed E-state index contributed by atoms with van der Waals surface area (Å²) in [6.07, 6.45) is 10.9. The summed E-state index contributed by atoms with van der Waals surface area (Å²) in [6.45, 7) is 4.37. The highest BCUT2D eigenvalue weighted by Gasteiger charge is 2.13. The lowest BCUT2D eigenvalue weighted by molar-refractivity contribution is 0.258. The summed E-state index contributed by atoms with van der Waals surface area (Å²) in [5.74, 6) is 1.21. The van der Waals surface area contributed by atoms with Crippen molar-refractivity contribution in [2.24, 2.45) is 10.9 Å². The van der Waals surface area contributed by atoms with Gasteiger partial charge in [0.05, 0.1) is 13.3 Å². The molecule has 0 spiro atoms. The average Bonchev–Trinajstić information content (AvgIpc) is 2.81. The monoisotopic (exact) mass is 343 g/mol. The van der Waals surface area contributed by atoms with Crippen LogP contribution in [0, 0.1) is 11.7 Å². The Balaban J connectivity index is 1.47. The second-order valence-electron chi connectivity index (χ2n) is 6.03. The van der Waals surface area contributed by atoms with Gasteiger partial charge in [0, 0.05) is 12.3 Å². The number of rotatable bonds is 4. The van der Waals surface area contributed by atoms with Crippen LogP contribution in [0.15, 0.2) is 65.2 Å². The van der Waals surface area contributed by atoms with Gasteiger partial charge in [0.15, 0.2) is 5.17 Å². The normalized spacial score (nSPS) is 21.0. The molecule has 2 aliphatic rings.